The molecule has 7 heteroatoms. The van der Waals surface area contributed by atoms with Crippen molar-refractivity contribution in [3.05, 3.63) is 38.3 Å². The normalized spacial score (nSPS) is 9.76. The van der Waals surface area contributed by atoms with Crippen molar-refractivity contribution in [2.75, 3.05) is 7.11 Å². The van der Waals surface area contributed by atoms with Crippen LogP contribution in [-0.4, -0.2) is 23.8 Å². The minimum Gasteiger partial charge on any atom is -0.463 e. The summed E-state index contributed by atoms with van der Waals surface area (Å²) in [5, 5.41) is 10.6. The minimum absolute atomic E-state index is 0.146. The van der Waals surface area contributed by atoms with Gasteiger partial charge in [0.25, 0.3) is 5.69 Å². The van der Waals surface area contributed by atoms with Crippen molar-refractivity contribution in [1.82, 2.24) is 0 Å². The van der Waals surface area contributed by atoms with Gasteiger partial charge in [0, 0.05) is 23.0 Å². The number of ketones is 1. The van der Waals surface area contributed by atoms with Crippen molar-refractivity contribution in [3.8, 4) is 0 Å². The molecule has 0 unspecified atom stereocenters. The predicted molar refractivity (Wildman–Crippen MR) is 61.5 cm³/mol. The molecule has 0 aliphatic carbocycles. The smallest absolute Gasteiger partial charge is 0.374 e. The van der Waals surface area contributed by atoms with Crippen molar-refractivity contribution < 1.29 is 19.2 Å². The molecular formula is C10H8BrNO5. The Hall–Kier alpha value is -1.76. The lowest BCUT2D eigenvalue weighted by molar-refractivity contribution is -0.385. The van der Waals surface area contributed by atoms with E-state index >= 15 is 0 Å². The van der Waals surface area contributed by atoms with Gasteiger partial charge in [-0.2, -0.15) is 0 Å². The first-order chi connectivity index (χ1) is 7.93. The van der Waals surface area contributed by atoms with Crippen molar-refractivity contribution in [3.63, 3.8) is 0 Å². The number of methoxy groups -OCH3 is 1. The fraction of sp³-hybridized carbons (Fsp3) is 0.200. The van der Waals surface area contributed by atoms with Gasteiger partial charge in [-0.05, 0) is 11.6 Å². The molecule has 0 aliphatic rings. The molecule has 0 fully saturated rings. The fourth-order valence-corrected chi connectivity index (χ4v) is 1.74. The molecule has 0 N–H and O–H groups in total. The predicted octanol–water partition coefficient (Wildman–Crippen LogP) is 1.64. The summed E-state index contributed by atoms with van der Waals surface area (Å²) in [7, 11) is 1.10. The maximum absolute atomic E-state index is 11.3. The topological polar surface area (TPSA) is 86.5 Å². The molecule has 0 radical (unpaired) electrons. The zero-order valence-corrected chi connectivity index (χ0v) is 10.4. The monoisotopic (exact) mass is 301 g/mol. The number of rotatable bonds is 4. The van der Waals surface area contributed by atoms with Gasteiger partial charge in [-0.25, -0.2) is 4.79 Å². The summed E-state index contributed by atoms with van der Waals surface area (Å²) in [4.78, 5) is 32.2. The van der Waals surface area contributed by atoms with Crippen LogP contribution in [0.2, 0.25) is 0 Å². The van der Waals surface area contributed by atoms with Gasteiger partial charge >= 0.3 is 5.97 Å². The van der Waals surface area contributed by atoms with Crippen LogP contribution in [0, 0.1) is 10.1 Å². The van der Waals surface area contributed by atoms with Crippen molar-refractivity contribution >= 4 is 33.4 Å². The van der Waals surface area contributed by atoms with Crippen LogP contribution in [0.3, 0.4) is 0 Å². The van der Waals surface area contributed by atoms with E-state index in [1.165, 1.54) is 18.2 Å². The van der Waals surface area contributed by atoms with Crippen molar-refractivity contribution in [2.45, 2.75) is 6.42 Å². The second kappa shape index (κ2) is 5.53. The SMILES string of the molecule is COC(=O)C(=O)Cc1cc(Br)cc([N+](=O)[O-])c1. The molecule has 90 valence electrons. The number of nitrogens with zero attached hydrogens (tertiary/aromatic N) is 1. The van der Waals surface area contributed by atoms with Gasteiger partial charge in [0.05, 0.1) is 12.0 Å². The Morgan fingerprint density at radius 2 is 2.06 bits per heavy atom. The van der Waals surface area contributed by atoms with Gasteiger partial charge < -0.3 is 4.74 Å². The number of hydrogen-bond acceptors (Lipinski definition) is 5. The molecule has 0 aromatic heterocycles. The highest BCUT2D eigenvalue weighted by molar-refractivity contribution is 9.10. The Morgan fingerprint density at radius 3 is 2.59 bits per heavy atom. The molecule has 1 rings (SSSR count). The van der Waals surface area contributed by atoms with Gasteiger partial charge in [0.1, 0.15) is 0 Å². The molecule has 6 nitrogen and oxygen atoms in total. The van der Waals surface area contributed by atoms with Crippen LogP contribution < -0.4 is 0 Å². The molecule has 0 amide bonds. The first-order valence-electron chi connectivity index (χ1n) is 4.49. The number of halogens is 1. The largest absolute Gasteiger partial charge is 0.463 e. The van der Waals surface area contributed by atoms with Crippen LogP contribution in [-0.2, 0) is 20.7 Å². The van der Waals surface area contributed by atoms with Gasteiger partial charge in [-0.15, -0.1) is 0 Å². The Morgan fingerprint density at radius 1 is 1.41 bits per heavy atom. The number of Topliss-reactive ketones (excluding diaryl/α,β-unsaturated/α-hetero) is 1. The van der Waals surface area contributed by atoms with E-state index < -0.39 is 16.7 Å². The number of carbonyl (C=O) groups excluding carboxylic acids is 2. The first kappa shape index (κ1) is 13.3. The summed E-state index contributed by atoms with van der Waals surface area (Å²) >= 11 is 3.09. The Labute approximate surface area is 105 Å². The van der Waals surface area contributed by atoms with Crippen LogP contribution in [0.1, 0.15) is 5.56 Å². The summed E-state index contributed by atoms with van der Waals surface area (Å²) < 4.78 is 4.73. The quantitative estimate of drug-likeness (QED) is 0.365. The summed E-state index contributed by atoms with van der Waals surface area (Å²) in [5.41, 5.74) is 0.230. The van der Waals surface area contributed by atoms with E-state index in [1.54, 1.807) is 0 Å². The molecule has 0 aliphatic heterocycles. The summed E-state index contributed by atoms with van der Waals surface area (Å²) in [6.07, 6.45) is -0.229. The van der Waals surface area contributed by atoms with E-state index in [0.29, 0.717) is 10.0 Å². The zero-order valence-electron chi connectivity index (χ0n) is 8.81. The van der Waals surface area contributed by atoms with E-state index in [2.05, 4.69) is 20.7 Å². The number of hydrogen-bond donors (Lipinski definition) is 0. The third-order valence-corrected chi connectivity index (χ3v) is 2.39. The highest BCUT2D eigenvalue weighted by Crippen LogP contribution is 2.21. The van der Waals surface area contributed by atoms with E-state index in [-0.39, 0.29) is 12.1 Å². The van der Waals surface area contributed by atoms with E-state index in [9.17, 15) is 19.7 Å². The summed E-state index contributed by atoms with van der Waals surface area (Å²) in [5.74, 6) is -1.72. The van der Waals surface area contributed by atoms with Gasteiger partial charge in [-0.3, -0.25) is 14.9 Å². The molecule has 17 heavy (non-hydrogen) atoms. The number of carbonyl (C=O) groups is 2. The lowest BCUT2D eigenvalue weighted by Gasteiger charge is -2.01. The average molecular weight is 302 g/mol. The van der Waals surface area contributed by atoms with Crippen LogP contribution in [0.25, 0.3) is 0 Å². The Kier molecular flexibility index (Phi) is 4.33. The fourth-order valence-electron chi connectivity index (χ4n) is 1.21. The highest BCUT2D eigenvalue weighted by atomic mass is 79.9. The molecule has 0 spiro atoms. The number of non-ortho nitro benzene ring substituents is 1. The van der Waals surface area contributed by atoms with Gasteiger partial charge in [0.15, 0.2) is 0 Å². The number of esters is 1. The maximum atomic E-state index is 11.3. The lowest BCUT2D eigenvalue weighted by atomic mass is 10.1. The molecule has 0 saturated heterocycles. The molecule has 0 bridgehead atoms. The molecule has 0 saturated carbocycles. The second-order valence-electron chi connectivity index (χ2n) is 3.17. The number of benzene rings is 1. The molecule has 1 aromatic rings. The lowest BCUT2D eigenvalue weighted by Crippen LogP contribution is -2.17. The number of nitro benzene ring substituents is 1. The van der Waals surface area contributed by atoms with E-state index in [0.717, 1.165) is 7.11 Å². The Bertz CT molecular complexity index is 486. The summed E-state index contributed by atoms with van der Waals surface area (Å²) in [6, 6.07) is 4.09. The molecular weight excluding hydrogens is 294 g/mol. The average Bonchev–Trinajstić information content (AvgIpc) is 2.26. The molecule has 1 aromatic carbocycles. The van der Waals surface area contributed by atoms with Gasteiger partial charge in [-0.1, -0.05) is 15.9 Å². The Balaban J connectivity index is 2.95. The summed E-state index contributed by atoms with van der Waals surface area (Å²) in [6.45, 7) is 0. The van der Waals surface area contributed by atoms with Crippen LogP contribution in [0.4, 0.5) is 5.69 Å². The van der Waals surface area contributed by atoms with E-state index in [1.807, 2.05) is 0 Å². The maximum Gasteiger partial charge on any atom is 0.374 e. The number of nitro groups is 1. The van der Waals surface area contributed by atoms with Gasteiger partial charge in [0.2, 0.25) is 5.78 Å². The highest BCUT2D eigenvalue weighted by Gasteiger charge is 2.17. The van der Waals surface area contributed by atoms with Crippen LogP contribution in [0.5, 0.6) is 0 Å². The number of ether oxygens (including phenoxy) is 1. The molecule has 0 heterocycles. The van der Waals surface area contributed by atoms with Crippen molar-refractivity contribution in [1.29, 1.82) is 0 Å². The van der Waals surface area contributed by atoms with Crippen LogP contribution in [0.15, 0.2) is 22.7 Å². The second-order valence-corrected chi connectivity index (χ2v) is 4.08. The van der Waals surface area contributed by atoms with Crippen LogP contribution >= 0.6 is 15.9 Å². The molecule has 0 atom stereocenters. The van der Waals surface area contributed by atoms with E-state index in [4.69, 9.17) is 0 Å². The standard InChI is InChI=1S/C10H8BrNO5/c1-17-10(14)9(13)4-6-2-7(11)5-8(3-6)12(15)16/h2-3,5H,4H2,1H3. The van der Waals surface area contributed by atoms with Crippen molar-refractivity contribution in [2.24, 2.45) is 0 Å². The third-order valence-electron chi connectivity index (χ3n) is 1.93. The third kappa shape index (κ3) is 3.63. The first-order valence-corrected chi connectivity index (χ1v) is 5.28. The zero-order chi connectivity index (χ0) is 13.0. The minimum atomic E-state index is -0.965.